The molecule has 3 nitrogen and oxygen atoms in total. The molecule has 3 N–H and O–H groups in total. The summed E-state index contributed by atoms with van der Waals surface area (Å²) in [6.07, 6.45) is 0. The molecule has 1 amide bonds. The number of carbonyl (C=O) groups excluding carboxylic acids is 1. The van der Waals surface area contributed by atoms with E-state index in [0.717, 1.165) is 10.0 Å². The zero-order chi connectivity index (χ0) is 13.1. The number of carbonyl (C=O) groups is 1. The van der Waals surface area contributed by atoms with E-state index < -0.39 is 5.41 Å². The maximum absolute atomic E-state index is 13.0. The van der Waals surface area contributed by atoms with Crippen molar-refractivity contribution < 1.29 is 9.18 Å². The van der Waals surface area contributed by atoms with Gasteiger partial charge in [0, 0.05) is 17.6 Å². The number of nitrogens with one attached hydrogen (secondary N) is 1. The number of benzene rings is 1. The van der Waals surface area contributed by atoms with Gasteiger partial charge in [0.25, 0.3) is 0 Å². The van der Waals surface area contributed by atoms with Crippen LogP contribution < -0.4 is 11.1 Å². The van der Waals surface area contributed by atoms with E-state index in [9.17, 15) is 9.18 Å². The Kier molecular flexibility index (Phi) is 4.65. The monoisotopic (exact) mass is 302 g/mol. The highest BCUT2D eigenvalue weighted by Gasteiger charge is 2.24. The molecule has 0 saturated carbocycles. The lowest BCUT2D eigenvalue weighted by molar-refractivity contribution is -0.125. The van der Waals surface area contributed by atoms with Crippen LogP contribution in [-0.4, -0.2) is 12.5 Å². The summed E-state index contributed by atoms with van der Waals surface area (Å²) in [6, 6.07) is 4.50. The van der Waals surface area contributed by atoms with Crippen molar-refractivity contribution in [3.63, 3.8) is 0 Å². The molecule has 0 radical (unpaired) electrons. The number of hydrogen-bond acceptors (Lipinski definition) is 2. The molecular weight excluding hydrogens is 287 g/mol. The molecule has 0 saturated heterocycles. The molecule has 17 heavy (non-hydrogen) atoms. The third-order valence-electron chi connectivity index (χ3n) is 2.56. The van der Waals surface area contributed by atoms with Crippen LogP contribution in [0.3, 0.4) is 0 Å². The van der Waals surface area contributed by atoms with E-state index in [2.05, 4.69) is 21.2 Å². The van der Waals surface area contributed by atoms with Gasteiger partial charge in [-0.05, 0) is 37.6 Å². The first-order valence-electron chi connectivity index (χ1n) is 5.27. The van der Waals surface area contributed by atoms with Gasteiger partial charge in [0.2, 0.25) is 5.91 Å². The molecule has 0 aromatic heterocycles. The fourth-order valence-electron chi connectivity index (χ4n) is 1.28. The summed E-state index contributed by atoms with van der Waals surface area (Å²) in [5.74, 6) is -0.637. The van der Waals surface area contributed by atoms with Crippen LogP contribution in [0.1, 0.15) is 19.4 Å². The molecule has 0 fully saturated rings. The summed E-state index contributed by atoms with van der Waals surface area (Å²) in [4.78, 5) is 11.1. The molecule has 0 spiro atoms. The van der Waals surface area contributed by atoms with Crippen molar-refractivity contribution in [1.29, 1.82) is 0 Å². The molecule has 0 heterocycles. The van der Waals surface area contributed by atoms with Crippen LogP contribution in [0.25, 0.3) is 0 Å². The maximum atomic E-state index is 13.0. The normalized spacial score (nSPS) is 11.5. The van der Waals surface area contributed by atoms with Crippen molar-refractivity contribution in [3.8, 4) is 0 Å². The van der Waals surface area contributed by atoms with E-state index in [-0.39, 0.29) is 11.7 Å². The molecule has 0 bridgehead atoms. The van der Waals surface area contributed by atoms with Gasteiger partial charge in [-0.3, -0.25) is 4.79 Å². The molecule has 0 aliphatic carbocycles. The zero-order valence-corrected chi connectivity index (χ0v) is 11.5. The van der Waals surface area contributed by atoms with Crippen LogP contribution in [0.15, 0.2) is 22.7 Å². The smallest absolute Gasteiger partial charge is 0.224 e. The highest BCUT2D eigenvalue weighted by Crippen LogP contribution is 2.18. The molecule has 1 aromatic carbocycles. The Morgan fingerprint density at radius 1 is 1.53 bits per heavy atom. The van der Waals surface area contributed by atoms with Crippen molar-refractivity contribution in [2.24, 2.45) is 11.1 Å². The Bertz CT molecular complexity index is 421. The Hall–Kier alpha value is -0.940. The van der Waals surface area contributed by atoms with Crippen molar-refractivity contribution in [2.45, 2.75) is 20.4 Å². The third kappa shape index (κ3) is 4.09. The van der Waals surface area contributed by atoms with Crippen LogP contribution >= 0.6 is 15.9 Å². The minimum Gasteiger partial charge on any atom is -0.369 e. The lowest BCUT2D eigenvalue weighted by Crippen LogP contribution is -2.40. The number of hydrogen-bond donors (Lipinski definition) is 2. The molecule has 0 aliphatic rings. The Morgan fingerprint density at radius 2 is 2.18 bits per heavy atom. The molecule has 94 valence electrons. The average Bonchev–Trinajstić information content (AvgIpc) is 2.22. The van der Waals surface area contributed by atoms with Crippen LogP contribution in [0.2, 0.25) is 0 Å². The predicted molar refractivity (Wildman–Crippen MR) is 68.8 cm³/mol. The minimum atomic E-state index is -0.611. The quantitative estimate of drug-likeness (QED) is 0.876. The van der Waals surface area contributed by atoms with Gasteiger partial charge in [-0.2, -0.15) is 0 Å². The number of amides is 1. The van der Waals surface area contributed by atoms with E-state index in [1.54, 1.807) is 19.9 Å². The van der Waals surface area contributed by atoms with Crippen molar-refractivity contribution in [2.75, 3.05) is 6.54 Å². The zero-order valence-electron chi connectivity index (χ0n) is 9.89. The number of rotatable bonds is 5. The first kappa shape index (κ1) is 14.1. The third-order valence-corrected chi connectivity index (χ3v) is 3.33. The van der Waals surface area contributed by atoms with Gasteiger partial charge in [0.05, 0.1) is 5.41 Å². The number of halogens is 2. The van der Waals surface area contributed by atoms with Crippen molar-refractivity contribution in [1.82, 2.24) is 5.32 Å². The lowest BCUT2D eigenvalue weighted by atomic mass is 9.93. The maximum Gasteiger partial charge on any atom is 0.224 e. The standard InChI is InChI=1S/C12H16BrFN2O/c1-12(2,11(15)17)7-16-6-8-5-9(14)3-4-10(8)13/h3-5,16H,6-7H2,1-2H3,(H2,15,17). The number of primary amides is 1. The van der Waals surface area contributed by atoms with E-state index in [1.165, 1.54) is 12.1 Å². The Labute approximate surface area is 109 Å². The first-order valence-corrected chi connectivity index (χ1v) is 6.07. The summed E-state index contributed by atoms with van der Waals surface area (Å²) in [7, 11) is 0. The van der Waals surface area contributed by atoms with E-state index in [0.29, 0.717) is 13.1 Å². The van der Waals surface area contributed by atoms with E-state index in [1.807, 2.05) is 0 Å². The molecule has 0 unspecified atom stereocenters. The molecule has 5 heteroatoms. The molecule has 1 aromatic rings. The molecule has 1 rings (SSSR count). The second kappa shape index (κ2) is 5.60. The van der Waals surface area contributed by atoms with Gasteiger partial charge in [0.1, 0.15) is 5.82 Å². The largest absolute Gasteiger partial charge is 0.369 e. The molecule has 0 atom stereocenters. The van der Waals surface area contributed by atoms with Gasteiger partial charge < -0.3 is 11.1 Å². The summed E-state index contributed by atoms with van der Waals surface area (Å²) < 4.78 is 13.9. The van der Waals surface area contributed by atoms with Crippen molar-refractivity contribution in [3.05, 3.63) is 34.1 Å². The van der Waals surface area contributed by atoms with Gasteiger partial charge in [0.15, 0.2) is 0 Å². The summed E-state index contributed by atoms with van der Waals surface area (Å²) in [5, 5.41) is 3.09. The Morgan fingerprint density at radius 3 is 2.76 bits per heavy atom. The van der Waals surface area contributed by atoms with Gasteiger partial charge in [-0.15, -0.1) is 0 Å². The summed E-state index contributed by atoms with van der Waals surface area (Å²) >= 11 is 3.34. The summed E-state index contributed by atoms with van der Waals surface area (Å²) in [5.41, 5.74) is 5.45. The predicted octanol–water partition coefficient (Wildman–Crippen LogP) is 2.19. The minimum absolute atomic E-state index is 0.279. The van der Waals surface area contributed by atoms with E-state index >= 15 is 0 Å². The second-order valence-electron chi connectivity index (χ2n) is 4.59. The van der Waals surface area contributed by atoms with Crippen molar-refractivity contribution >= 4 is 21.8 Å². The second-order valence-corrected chi connectivity index (χ2v) is 5.44. The summed E-state index contributed by atoms with van der Waals surface area (Å²) in [6.45, 7) is 4.46. The fraction of sp³-hybridized carbons (Fsp3) is 0.417. The topological polar surface area (TPSA) is 55.1 Å². The number of nitrogens with two attached hydrogens (primary N) is 1. The highest BCUT2D eigenvalue weighted by atomic mass is 79.9. The average molecular weight is 303 g/mol. The van der Waals surface area contributed by atoms with Crippen LogP contribution in [0.4, 0.5) is 4.39 Å². The fourth-order valence-corrected chi connectivity index (χ4v) is 1.66. The molecular formula is C12H16BrFN2O. The highest BCUT2D eigenvalue weighted by molar-refractivity contribution is 9.10. The van der Waals surface area contributed by atoms with Gasteiger partial charge in [-0.25, -0.2) is 4.39 Å². The SMILES string of the molecule is CC(C)(CNCc1cc(F)ccc1Br)C(N)=O. The van der Waals surface area contributed by atoms with Gasteiger partial charge in [-0.1, -0.05) is 15.9 Å². The van der Waals surface area contributed by atoms with Crippen LogP contribution in [-0.2, 0) is 11.3 Å². The van der Waals surface area contributed by atoms with Crippen LogP contribution in [0, 0.1) is 11.2 Å². The Balaban J connectivity index is 2.57. The first-order chi connectivity index (χ1) is 7.83. The molecule has 0 aliphatic heterocycles. The lowest BCUT2D eigenvalue weighted by Gasteiger charge is -2.21. The van der Waals surface area contributed by atoms with Crippen LogP contribution in [0.5, 0.6) is 0 Å². The van der Waals surface area contributed by atoms with E-state index in [4.69, 9.17) is 5.73 Å². The van der Waals surface area contributed by atoms with Gasteiger partial charge >= 0.3 is 0 Å².